The fourth-order valence-electron chi connectivity index (χ4n) is 3.33. The Morgan fingerprint density at radius 1 is 1.03 bits per heavy atom. The fourth-order valence-corrected chi connectivity index (χ4v) is 3.33. The van der Waals surface area contributed by atoms with Crippen molar-refractivity contribution < 1.29 is 19.1 Å². The Hall–Kier alpha value is -2.86. The van der Waals surface area contributed by atoms with Crippen molar-refractivity contribution in [1.29, 1.82) is 0 Å². The summed E-state index contributed by atoms with van der Waals surface area (Å²) in [6, 6.07) is 9.90. The van der Waals surface area contributed by atoms with Crippen molar-refractivity contribution in [2.45, 2.75) is 33.6 Å². The van der Waals surface area contributed by atoms with Gasteiger partial charge >= 0.3 is 0 Å². The third kappa shape index (κ3) is 6.59. The first-order chi connectivity index (χ1) is 14.5. The van der Waals surface area contributed by atoms with Crippen molar-refractivity contribution in [2.24, 2.45) is 0 Å². The molecule has 0 fully saturated rings. The summed E-state index contributed by atoms with van der Waals surface area (Å²) >= 11 is 0. The monoisotopic (exact) mass is 412 g/mol. The van der Waals surface area contributed by atoms with Gasteiger partial charge in [0.25, 0.3) is 5.91 Å². The fraction of sp³-hybridized carbons (Fsp3) is 0.417. The molecule has 2 N–H and O–H groups in total. The molecule has 30 heavy (non-hydrogen) atoms. The van der Waals surface area contributed by atoms with Gasteiger partial charge in [-0.2, -0.15) is 0 Å². The number of aryl methyl sites for hydroxylation is 1. The summed E-state index contributed by atoms with van der Waals surface area (Å²) in [5, 5.41) is 5.51. The highest BCUT2D eigenvalue weighted by Crippen LogP contribution is 2.30. The van der Waals surface area contributed by atoms with Crippen LogP contribution >= 0.6 is 0 Å². The number of methoxy groups -OCH3 is 1. The molecule has 2 aromatic carbocycles. The standard InChI is InChI=1S/C24H32N2O4/c1-17-14-22(18(2)19(3)23(17)30-13-11-25-16-27)15-20-6-8-21(9-7-20)24(28)26-10-5-12-29-4/h6-9,14,16H,5,10-13,15H2,1-4H3,(H,25,27)(H,26,28). The van der Waals surface area contributed by atoms with Gasteiger partial charge in [-0.05, 0) is 73.6 Å². The molecule has 0 aliphatic carbocycles. The molecule has 2 amide bonds. The highest BCUT2D eigenvalue weighted by atomic mass is 16.5. The van der Waals surface area contributed by atoms with Crippen molar-refractivity contribution in [2.75, 3.05) is 33.4 Å². The molecular formula is C24H32N2O4. The summed E-state index contributed by atoms with van der Waals surface area (Å²) in [5.41, 5.74) is 6.43. The summed E-state index contributed by atoms with van der Waals surface area (Å²) in [7, 11) is 1.65. The van der Waals surface area contributed by atoms with E-state index in [1.54, 1.807) is 7.11 Å². The second-order valence-corrected chi connectivity index (χ2v) is 7.33. The van der Waals surface area contributed by atoms with Gasteiger partial charge in [-0.15, -0.1) is 0 Å². The third-order valence-electron chi connectivity index (χ3n) is 5.13. The molecule has 0 radical (unpaired) electrons. The van der Waals surface area contributed by atoms with E-state index < -0.39 is 0 Å². The zero-order valence-corrected chi connectivity index (χ0v) is 18.3. The van der Waals surface area contributed by atoms with Crippen LogP contribution in [0, 0.1) is 20.8 Å². The summed E-state index contributed by atoms with van der Waals surface area (Å²) in [5.74, 6) is 0.815. The zero-order valence-electron chi connectivity index (χ0n) is 18.3. The maximum absolute atomic E-state index is 12.2. The molecule has 6 heteroatoms. The van der Waals surface area contributed by atoms with Crippen molar-refractivity contribution in [3.63, 3.8) is 0 Å². The molecule has 6 nitrogen and oxygen atoms in total. The molecule has 0 saturated heterocycles. The number of hydrogen-bond acceptors (Lipinski definition) is 4. The second kappa shape index (κ2) is 12.0. The molecule has 0 aliphatic rings. The van der Waals surface area contributed by atoms with Gasteiger partial charge in [0.1, 0.15) is 12.4 Å². The minimum absolute atomic E-state index is 0.0638. The predicted molar refractivity (Wildman–Crippen MR) is 118 cm³/mol. The lowest BCUT2D eigenvalue weighted by Gasteiger charge is -2.18. The van der Waals surface area contributed by atoms with Crippen molar-refractivity contribution in [3.05, 3.63) is 63.7 Å². The average Bonchev–Trinajstić information content (AvgIpc) is 2.74. The number of nitrogens with one attached hydrogen (secondary N) is 2. The first-order valence-electron chi connectivity index (χ1n) is 10.2. The van der Waals surface area contributed by atoms with Gasteiger partial charge < -0.3 is 20.1 Å². The molecule has 0 saturated carbocycles. The van der Waals surface area contributed by atoms with Crippen LogP contribution in [-0.4, -0.2) is 45.7 Å². The maximum atomic E-state index is 12.2. The highest BCUT2D eigenvalue weighted by Gasteiger charge is 2.12. The summed E-state index contributed by atoms with van der Waals surface area (Å²) in [4.78, 5) is 22.6. The molecule has 0 heterocycles. The number of hydrogen-bond donors (Lipinski definition) is 2. The van der Waals surface area contributed by atoms with Gasteiger partial charge in [0.05, 0.1) is 6.54 Å². The topological polar surface area (TPSA) is 76.7 Å². The minimum atomic E-state index is -0.0638. The van der Waals surface area contributed by atoms with E-state index in [4.69, 9.17) is 9.47 Å². The third-order valence-corrected chi connectivity index (χ3v) is 5.13. The Balaban J connectivity index is 2.03. The van der Waals surface area contributed by atoms with E-state index >= 15 is 0 Å². The van der Waals surface area contributed by atoms with Crippen LogP contribution < -0.4 is 15.4 Å². The van der Waals surface area contributed by atoms with Gasteiger partial charge in [0.15, 0.2) is 0 Å². The van der Waals surface area contributed by atoms with Gasteiger partial charge in [0, 0.05) is 25.8 Å². The molecule has 0 atom stereocenters. The van der Waals surface area contributed by atoms with Gasteiger partial charge in [-0.25, -0.2) is 0 Å². The molecule has 2 aromatic rings. The van der Waals surface area contributed by atoms with Crippen LogP contribution in [0.15, 0.2) is 30.3 Å². The Morgan fingerprint density at radius 2 is 1.77 bits per heavy atom. The largest absolute Gasteiger partial charge is 0.491 e. The first-order valence-corrected chi connectivity index (χ1v) is 10.2. The molecule has 0 bridgehead atoms. The SMILES string of the molecule is COCCCNC(=O)c1ccc(Cc2cc(C)c(OCCNC=O)c(C)c2C)cc1. The van der Waals surface area contributed by atoms with Crippen LogP contribution in [0.3, 0.4) is 0 Å². The smallest absolute Gasteiger partial charge is 0.251 e. The summed E-state index contributed by atoms with van der Waals surface area (Å²) in [6.45, 7) is 8.36. The molecule has 0 unspecified atom stereocenters. The molecule has 0 spiro atoms. The first kappa shape index (κ1) is 23.4. The quantitative estimate of drug-likeness (QED) is 0.415. The lowest BCUT2D eigenvalue weighted by molar-refractivity contribution is -0.109. The van der Waals surface area contributed by atoms with Crippen LogP contribution in [0.4, 0.5) is 0 Å². The predicted octanol–water partition coefficient (Wildman–Crippen LogP) is 3.09. The summed E-state index contributed by atoms with van der Waals surface area (Å²) < 4.78 is 10.9. The van der Waals surface area contributed by atoms with Gasteiger partial charge in [-0.3, -0.25) is 9.59 Å². The average molecular weight is 413 g/mol. The van der Waals surface area contributed by atoms with E-state index in [0.29, 0.717) is 38.3 Å². The second-order valence-electron chi connectivity index (χ2n) is 7.33. The van der Waals surface area contributed by atoms with E-state index in [-0.39, 0.29) is 5.91 Å². The number of carbonyl (C=O) groups excluding carboxylic acids is 2. The molecule has 162 valence electrons. The molecular weight excluding hydrogens is 380 g/mol. The highest BCUT2D eigenvalue weighted by molar-refractivity contribution is 5.94. The Bertz CT molecular complexity index is 847. The van der Waals surface area contributed by atoms with Crippen LogP contribution in [0.5, 0.6) is 5.75 Å². The van der Waals surface area contributed by atoms with Crippen molar-refractivity contribution in [3.8, 4) is 5.75 Å². The van der Waals surface area contributed by atoms with Crippen LogP contribution in [0.2, 0.25) is 0 Å². The summed E-state index contributed by atoms with van der Waals surface area (Å²) in [6.07, 6.45) is 2.26. The van der Waals surface area contributed by atoms with Crippen molar-refractivity contribution >= 4 is 12.3 Å². The lowest BCUT2D eigenvalue weighted by atomic mass is 9.93. The number of benzene rings is 2. The Labute approximate surface area is 179 Å². The van der Waals surface area contributed by atoms with Gasteiger partial charge in [-0.1, -0.05) is 18.2 Å². The van der Waals surface area contributed by atoms with Crippen LogP contribution in [0.1, 0.15) is 44.6 Å². The Morgan fingerprint density at radius 3 is 2.43 bits per heavy atom. The van der Waals surface area contributed by atoms with Gasteiger partial charge in [0.2, 0.25) is 6.41 Å². The normalized spacial score (nSPS) is 10.5. The molecule has 2 rings (SSSR count). The number of ether oxygens (including phenoxy) is 2. The van der Waals surface area contributed by atoms with E-state index in [0.717, 1.165) is 35.3 Å². The van der Waals surface area contributed by atoms with Crippen LogP contribution in [-0.2, 0) is 16.0 Å². The van der Waals surface area contributed by atoms with E-state index in [1.165, 1.54) is 11.1 Å². The number of amides is 2. The lowest BCUT2D eigenvalue weighted by Crippen LogP contribution is -2.25. The molecule has 0 aromatic heterocycles. The zero-order chi connectivity index (χ0) is 21.9. The maximum Gasteiger partial charge on any atom is 0.251 e. The van der Waals surface area contributed by atoms with E-state index in [2.05, 4.69) is 30.5 Å². The molecule has 0 aliphatic heterocycles. The minimum Gasteiger partial charge on any atom is -0.491 e. The van der Waals surface area contributed by atoms with Crippen LogP contribution in [0.25, 0.3) is 0 Å². The van der Waals surface area contributed by atoms with E-state index in [9.17, 15) is 9.59 Å². The Kier molecular flexibility index (Phi) is 9.35. The number of carbonyl (C=O) groups is 2. The van der Waals surface area contributed by atoms with E-state index in [1.807, 2.05) is 31.2 Å². The number of rotatable bonds is 12. The van der Waals surface area contributed by atoms with Crippen molar-refractivity contribution in [1.82, 2.24) is 10.6 Å².